The molecular weight excluding hydrogens is 496 g/mol. The maximum Gasteiger partial charge on any atom is 0.416 e. The van der Waals surface area contributed by atoms with Crippen LogP contribution in [0.3, 0.4) is 0 Å². The Labute approximate surface area is 199 Å². The summed E-state index contributed by atoms with van der Waals surface area (Å²) in [6.07, 6.45) is -4.67. The summed E-state index contributed by atoms with van der Waals surface area (Å²) in [6, 6.07) is 15.7. The van der Waals surface area contributed by atoms with Crippen LogP contribution in [0.1, 0.15) is 25.6 Å². The van der Waals surface area contributed by atoms with Crippen molar-refractivity contribution in [2.45, 2.75) is 6.18 Å². The summed E-state index contributed by atoms with van der Waals surface area (Å²) in [4.78, 5) is 25.9. The number of hydrogen-bond acceptors (Lipinski definition) is 3. The highest BCUT2D eigenvalue weighted by Gasteiger charge is 2.32. The van der Waals surface area contributed by atoms with Crippen molar-refractivity contribution in [1.82, 2.24) is 0 Å². The molecule has 0 bridgehead atoms. The molecule has 0 spiro atoms. The van der Waals surface area contributed by atoms with Gasteiger partial charge in [-0.2, -0.15) is 13.2 Å². The Bertz CT molecular complexity index is 1370. The first-order chi connectivity index (χ1) is 15.6. The second-order valence-electron chi connectivity index (χ2n) is 6.91. The van der Waals surface area contributed by atoms with E-state index >= 15 is 0 Å². The van der Waals surface area contributed by atoms with Gasteiger partial charge in [0, 0.05) is 20.8 Å². The van der Waals surface area contributed by atoms with Gasteiger partial charge >= 0.3 is 6.18 Å². The summed E-state index contributed by atoms with van der Waals surface area (Å²) in [7, 11) is 0. The molecule has 0 saturated heterocycles. The number of carbonyl (C=O) groups is 2. The van der Waals surface area contributed by atoms with Crippen LogP contribution >= 0.6 is 34.5 Å². The highest BCUT2D eigenvalue weighted by atomic mass is 35.5. The van der Waals surface area contributed by atoms with Crippen LogP contribution in [0.5, 0.6) is 0 Å². The molecule has 0 aliphatic rings. The molecule has 0 saturated carbocycles. The smallest absolute Gasteiger partial charge is 0.322 e. The predicted molar refractivity (Wildman–Crippen MR) is 126 cm³/mol. The van der Waals surface area contributed by atoms with E-state index in [4.69, 9.17) is 23.2 Å². The van der Waals surface area contributed by atoms with Crippen molar-refractivity contribution in [2.24, 2.45) is 0 Å². The van der Waals surface area contributed by atoms with E-state index in [9.17, 15) is 22.8 Å². The van der Waals surface area contributed by atoms with E-state index < -0.39 is 23.6 Å². The first-order valence-electron chi connectivity index (χ1n) is 9.40. The summed E-state index contributed by atoms with van der Waals surface area (Å²) < 4.78 is 40.7. The van der Waals surface area contributed by atoms with Gasteiger partial charge in [0.05, 0.1) is 21.8 Å². The summed E-state index contributed by atoms with van der Waals surface area (Å²) in [5.74, 6) is -1.43. The molecular formula is C23H13Cl2F3N2O2S. The lowest BCUT2D eigenvalue weighted by Gasteiger charge is -2.14. The summed E-state index contributed by atoms with van der Waals surface area (Å²) in [5.41, 5.74) is -1.07. The third-order valence-corrected chi connectivity index (χ3v) is 6.61. The minimum atomic E-state index is -4.67. The standard InChI is InChI=1S/C23H13Cl2F3N2O2S/c24-13-6-8-14(9-7-13)29-21(31)15-10-5-12(23(26,27)28)11-17(15)30-22(32)20-19(25)16-3-1-2-4-18(16)33-20/h1-11H,(H,29,31)(H,30,32). The number of halogens is 5. The van der Waals surface area contributed by atoms with Crippen LogP contribution in [-0.2, 0) is 6.18 Å². The maximum absolute atomic E-state index is 13.3. The molecule has 2 N–H and O–H groups in total. The van der Waals surface area contributed by atoms with E-state index in [2.05, 4.69) is 10.6 Å². The van der Waals surface area contributed by atoms with Crippen LogP contribution in [0.15, 0.2) is 66.7 Å². The van der Waals surface area contributed by atoms with Crippen LogP contribution in [0, 0.1) is 0 Å². The topological polar surface area (TPSA) is 58.2 Å². The van der Waals surface area contributed by atoms with Gasteiger partial charge in [-0.15, -0.1) is 11.3 Å². The molecule has 10 heteroatoms. The fourth-order valence-electron chi connectivity index (χ4n) is 3.09. The van der Waals surface area contributed by atoms with Crippen molar-refractivity contribution in [1.29, 1.82) is 0 Å². The fourth-order valence-corrected chi connectivity index (χ4v) is 4.63. The Kier molecular flexibility index (Phi) is 6.34. The number of anilines is 2. The number of carbonyl (C=O) groups excluding carboxylic acids is 2. The fraction of sp³-hybridized carbons (Fsp3) is 0.0435. The normalized spacial score (nSPS) is 11.4. The van der Waals surface area contributed by atoms with Crippen molar-refractivity contribution < 1.29 is 22.8 Å². The Morgan fingerprint density at radius 2 is 1.55 bits per heavy atom. The number of fused-ring (bicyclic) bond motifs is 1. The number of alkyl halides is 3. The molecule has 0 aliphatic carbocycles. The van der Waals surface area contributed by atoms with Gasteiger partial charge in [-0.3, -0.25) is 9.59 Å². The third kappa shape index (κ3) is 4.98. The number of amides is 2. The molecule has 168 valence electrons. The number of benzene rings is 3. The molecule has 4 aromatic rings. The largest absolute Gasteiger partial charge is 0.416 e. The molecule has 4 nitrogen and oxygen atoms in total. The van der Waals surface area contributed by atoms with Gasteiger partial charge in [-0.1, -0.05) is 41.4 Å². The highest BCUT2D eigenvalue weighted by molar-refractivity contribution is 7.21. The first kappa shape index (κ1) is 23.1. The first-order valence-corrected chi connectivity index (χ1v) is 11.0. The summed E-state index contributed by atoms with van der Waals surface area (Å²) in [5, 5.41) is 6.29. The number of thiophene rings is 1. The Hall–Kier alpha value is -3.07. The zero-order valence-corrected chi connectivity index (χ0v) is 18.8. The van der Waals surface area contributed by atoms with E-state index in [0.29, 0.717) is 16.1 Å². The average molecular weight is 509 g/mol. The Balaban J connectivity index is 1.69. The molecule has 1 heterocycles. The SMILES string of the molecule is O=C(Nc1ccc(Cl)cc1)c1ccc(C(F)(F)F)cc1NC(=O)c1sc2ccccc2c1Cl. The Morgan fingerprint density at radius 3 is 2.21 bits per heavy atom. The predicted octanol–water partition coefficient (Wildman–Crippen LogP) is 7.73. The van der Waals surface area contributed by atoms with Gasteiger partial charge < -0.3 is 10.6 Å². The quantitative estimate of drug-likeness (QED) is 0.296. The van der Waals surface area contributed by atoms with E-state index in [-0.39, 0.29) is 21.2 Å². The van der Waals surface area contributed by atoms with Crippen molar-refractivity contribution in [2.75, 3.05) is 10.6 Å². The van der Waals surface area contributed by atoms with Gasteiger partial charge in [0.15, 0.2) is 0 Å². The summed E-state index contributed by atoms with van der Waals surface area (Å²) in [6.45, 7) is 0. The van der Waals surface area contributed by atoms with E-state index in [1.165, 1.54) is 0 Å². The molecule has 0 aliphatic heterocycles. The van der Waals surface area contributed by atoms with Crippen LogP contribution in [0.4, 0.5) is 24.5 Å². The van der Waals surface area contributed by atoms with Crippen LogP contribution in [-0.4, -0.2) is 11.8 Å². The maximum atomic E-state index is 13.3. The third-order valence-electron chi connectivity index (χ3n) is 4.68. The zero-order valence-electron chi connectivity index (χ0n) is 16.5. The second-order valence-corrected chi connectivity index (χ2v) is 8.78. The number of nitrogens with one attached hydrogen (secondary N) is 2. The van der Waals surface area contributed by atoms with Crippen LogP contribution in [0.25, 0.3) is 10.1 Å². The molecule has 3 aromatic carbocycles. The molecule has 1 aromatic heterocycles. The van der Waals surface area contributed by atoms with Crippen molar-refractivity contribution in [3.05, 3.63) is 92.8 Å². The monoisotopic (exact) mass is 508 g/mol. The van der Waals surface area contributed by atoms with E-state index in [1.54, 1.807) is 48.5 Å². The van der Waals surface area contributed by atoms with E-state index in [1.807, 2.05) is 0 Å². The molecule has 0 atom stereocenters. The average Bonchev–Trinajstić information content (AvgIpc) is 3.11. The molecule has 33 heavy (non-hydrogen) atoms. The molecule has 0 unspecified atom stereocenters. The minimum absolute atomic E-state index is 0.124. The number of hydrogen-bond donors (Lipinski definition) is 2. The van der Waals surface area contributed by atoms with Crippen molar-refractivity contribution in [3.8, 4) is 0 Å². The van der Waals surface area contributed by atoms with Crippen molar-refractivity contribution >= 4 is 67.8 Å². The van der Waals surface area contributed by atoms with Crippen LogP contribution in [0.2, 0.25) is 10.0 Å². The minimum Gasteiger partial charge on any atom is -0.322 e. The lowest BCUT2D eigenvalue weighted by atomic mass is 10.1. The molecule has 4 rings (SSSR count). The molecule has 2 amide bonds. The zero-order chi connectivity index (χ0) is 23.8. The lowest BCUT2D eigenvalue weighted by molar-refractivity contribution is -0.137. The van der Waals surface area contributed by atoms with Gasteiger partial charge in [0.25, 0.3) is 11.8 Å². The molecule has 0 fully saturated rings. The molecule has 0 radical (unpaired) electrons. The second kappa shape index (κ2) is 9.05. The highest BCUT2D eigenvalue weighted by Crippen LogP contribution is 2.37. The van der Waals surface area contributed by atoms with Gasteiger partial charge in [-0.25, -0.2) is 0 Å². The van der Waals surface area contributed by atoms with Crippen LogP contribution < -0.4 is 10.6 Å². The van der Waals surface area contributed by atoms with E-state index in [0.717, 1.165) is 34.2 Å². The van der Waals surface area contributed by atoms with Gasteiger partial charge in [0.2, 0.25) is 0 Å². The Morgan fingerprint density at radius 1 is 0.848 bits per heavy atom. The lowest BCUT2D eigenvalue weighted by Crippen LogP contribution is -2.19. The van der Waals surface area contributed by atoms with Gasteiger partial charge in [0.1, 0.15) is 4.88 Å². The number of rotatable bonds is 4. The summed E-state index contributed by atoms with van der Waals surface area (Å²) >= 11 is 13.3. The van der Waals surface area contributed by atoms with Gasteiger partial charge in [-0.05, 0) is 48.5 Å². The van der Waals surface area contributed by atoms with Crippen molar-refractivity contribution in [3.63, 3.8) is 0 Å².